The van der Waals surface area contributed by atoms with E-state index in [4.69, 9.17) is 15.2 Å². The van der Waals surface area contributed by atoms with Crippen LogP contribution in [0.5, 0.6) is 5.75 Å². The van der Waals surface area contributed by atoms with Gasteiger partial charge in [-0.2, -0.15) is 0 Å². The van der Waals surface area contributed by atoms with Crippen LogP contribution in [0.15, 0.2) is 42.7 Å². The molecule has 0 aliphatic heterocycles. The van der Waals surface area contributed by atoms with Crippen LogP contribution < -0.4 is 10.5 Å². The summed E-state index contributed by atoms with van der Waals surface area (Å²) in [6.07, 6.45) is 3.30. The molecule has 0 saturated heterocycles. The molecule has 0 bridgehead atoms. The number of aromatic nitrogens is 1. The van der Waals surface area contributed by atoms with E-state index >= 15 is 0 Å². The number of hydrogen-bond donors (Lipinski definition) is 1. The number of rotatable bonds is 4. The lowest BCUT2D eigenvalue weighted by Crippen LogP contribution is -2.06. The van der Waals surface area contributed by atoms with Gasteiger partial charge in [0.1, 0.15) is 12.4 Å². The number of pyridine rings is 1. The maximum atomic E-state index is 11.9. The minimum Gasteiger partial charge on any atom is -0.495 e. The van der Waals surface area contributed by atoms with Gasteiger partial charge in [0.15, 0.2) is 0 Å². The van der Waals surface area contributed by atoms with E-state index in [1.54, 1.807) is 42.7 Å². The van der Waals surface area contributed by atoms with Crippen molar-refractivity contribution in [3.8, 4) is 5.75 Å². The van der Waals surface area contributed by atoms with Gasteiger partial charge in [-0.25, -0.2) is 4.79 Å². The first kappa shape index (κ1) is 12.9. The van der Waals surface area contributed by atoms with Crippen LogP contribution in [0.2, 0.25) is 0 Å². The zero-order valence-electron chi connectivity index (χ0n) is 10.5. The lowest BCUT2D eigenvalue weighted by molar-refractivity contribution is 0.0472. The number of nitrogens with two attached hydrogens (primary N) is 1. The van der Waals surface area contributed by atoms with E-state index in [0.29, 0.717) is 17.0 Å². The van der Waals surface area contributed by atoms with Crippen molar-refractivity contribution in [1.82, 2.24) is 4.98 Å². The van der Waals surface area contributed by atoms with Crippen molar-refractivity contribution in [2.75, 3.05) is 12.8 Å². The molecule has 2 rings (SSSR count). The van der Waals surface area contributed by atoms with Crippen molar-refractivity contribution in [3.05, 3.63) is 53.9 Å². The van der Waals surface area contributed by atoms with Crippen molar-refractivity contribution in [3.63, 3.8) is 0 Å². The van der Waals surface area contributed by atoms with Crippen LogP contribution in [0.4, 0.5) is 5.69 Å². The molecule has 98 valence electrons. The summed E-state index contributed by atoms with van der Waals surface area (Å²) in [6.45, 7) is 0.202. The van der Waals surface area contributed by atoms with E-state index in [9.17, 15) is 4.79 Å². The van der Waals surface area contributed by atoms with Crippen LogP contribution in [0.3, 0.4) is 0 Å². The number of esters is 1. The van der Waals surface area contributed by atoms with Gasteiger partial charge in [0.25, 0.3) is 0 Å². The fraction of sp³-hybridized carbons (Fsp3) is 0.143. The summed E-state index contributed by atoms with van der Waals surface area (Å²) in [6, 6.07) is 8.35. The zero-order valence-corrected chi connectivity index (χ0v) is 10.5. The number of nitrogens with zero attached hydrogens (tertiary/aromatic N) is 1. The summed E-state index contributed by atoms with van der Waals surface area (Å²) >= 11 is 0. The number of anilines is 1. The van der Waals surface area contributed by atoms with Crippen LogP contribution in [-0.2, 0) is 11.3 Å². The molecule has 5 nitrogen and oxygen atoms in total. The predicted molar refractivity (Wildman–Crippen MR) is 70.8 cm³/mol. The molecule has 1 aromatic carbocycles. The standard InChI is InChI=1S/C14H14N2O3/c1-18-13-8-11(2-3-12(13)15)14(17)19-9-10-4-6-16-7-5-10/h2-8H,9,15H2,1H3. The van der Waals surface area contributed by atoms with E-state index in [2.05, 4.69) is 4.98 Å². The highest BCUT2D eigenvalue weighted by molar-refractivity contribution is 5.90. The Morgan fingerprint density at radius 3 is 2.68 bits per heavy atom. The molecule has 0 aliphatic carbocycles. The number of nitrogen functional groups attached to an aromatic ring is 1. The lowest BCUT2D eigenvalue weighted by Gasteiger charge is -2.08. The second kappa shape index (κ2) is 5.86. The molecule has 0 aliphatic rings. The summed E-state index contributed by atoms with van der Waals surface area (Å²) in [7, 11) is 1.50. The topological polar surface area (TPSA) is 74.4 Å². The Morgan fingerprint density at radius 2 is 2.00 bits per heavy atom. The van der Waals surface area contributed by atoms with Gasteiger partial charge in [0.2, 0.25) is 0 Å². The normalized spacial score (nSPS) is 9.95. The van der Waals surface area contributed by atoms with Crippen molar-refractivity contribution in [2.45, 2.75) is 6.61 Å². The van der Waals surface area contributed by atoms with Gasteiger partial charge < -0.3 is 15.2 Å². The van der Waals surface area contributed by atoms with Crippen LogP contribution >= 0.6 is 0 Å². The third-order valence-electron chi connectivity index (χ3n) is 2.59. The van der Waals surface area contributed by atoms with Gasteiger partial charge in [0, 0.05) is 12.4 Å². The summed E-state index contributed by atoms with van der Waals surface area (Å²) in [4.78, 5) is 15.8. The van der Waals surface area contributed by atoms with E-state index in [0.717, 1.165) is 5.56 Å². The molecular formula is C14H14N2O3. The van der Waals surface area contributed by atoms with Gasteiger partial charge in [-0.3, -0.25) is 4.98 Å². The van der Waals surface area contributed by atoms with Crippen LogP contribution in [-0.4, -0.2) is 18.1 Å². The molecule has 0 radical (unpaired) electrons. The number of benzene rings is 1. The van der Waals surface area contributed by atoms with Gasteiger partial charge in [0.05, 0.1) is 18.4 Å². The molecular weight excluding hydrogens is 244 g/mol. The fourth-order valence-corrected chi connectivity index (χ4v) is 1.55. The Balaban J connectivity index is 2.04. The van der Waals surface area contributed by atoms with Crippen LogP contribution in [0.25, 0.3) is 0 Å². The Hall–Kier alpha value is -2.56. The second-order valence-corrected chi connectivity index (χ2v) is 3.89. The Labute approximate surface area is 111 Å². The molecule has 0 atom stereocenters. The second-order valence-electron chi connectivity index (χ2n) is 3.89. The molecule has 0 amide bonds. The highest BCUT2D eigenvalue weighted by Crippen LogP contribution is 2.22. The summed E-state index contributed by atoms with van der Waals surface area (Å²) in [5.41, 5.74) is 7.44. The third kappa shape index (κ3) is 3.22. The molecule has 0 saturated carbocycles. The van der Waals surface area contributed by atoms with E-state index < -0.39 is 5.97 Å². The molecule has 2 aromatic rings. The number of carbonyl (C=O) groups is 1. The number of methoxy groups -OCH3 is 1. The summed E-state index contributed by atoms with van der Waals surface area (Å²) < 4.78 is 10.2. The molecule has 0 spiro atoms. The first-order valence-corrected chi connectivity index (χ1v) is 5.70. The highest BCUT2D eigenvalue weighted by atomic mass is 16.5. The Morgan fingerprint density at radius 1 is 1.26 bits per heavy atom. The minimum atomic E-state index is -0.421. The highest BCUT2D eigenvalue weighted by Gasteiger charge is 2.10. The molecule has 2 N–H and O–H groups in total. The molecule has 0 fully saturated rings. The smallest absolute Gasteiger partial charge is 0.338 e. The van der Waals surface area contributed by atoms with Crippen molar-refractivity contribution < 1.29 is 14.3 Å². The molecule has 5 heteroatoms. The van der Waals surface area contributed by atoms with E-state index in [1.165, 1.54) is 7.11 Å². The van der Waals surface area contributed by atoms with E-state index in [1.807, 2.05) is 0 Å². The minimum absolute atomic E-state index is 0.202. The molecule has 1 heterocycles. The number of hydrogen-bond acceptors (Lipinski definition) is 5. The van der Waals surface area contributed by atoms with Gasteiger partial charge >= 0.3 is 5.97 Å². The molecule has 19 heavy (non-hydrogen) atoms. The van der Waals surface area contributed by atoms with E-state index in [-0.39, 0.29) is 6.61 Å². The first-order valence-electron chi connectivity index (χ1n) is 5.70. The quantitative estimate of drug-likeness (QED) is 0.671. The summed E-state index contributed by atoms with van der Waals surface area (Å²) in [5, 5.41) is 0. The monoisotopic (exact) mass is 258 g/mol. The van der Waals surface area contributed by atoms with Crippen molar-refractivity contribution >= 4 is 11.7 Å². The first-order chi connectivity index (χ1) is 9.20. The fourth-order valence-electron chi connectivity index (χ4n) is 1.55. The van der Waals surface area contributed by atoms with Crippen molar-refractivity contribution in [2.24, 2.45) is 0 Å². The number of carbonyl (C=O) groups excluding carboxylic acids is 1. The van der Waals surface area contributed by atoms with Crippen LogP contribution in [0, 0.1) is 0 Å². The molecule has 1 aromatic heterocycles. The third-order valence-corrected chi connectivity index (χ3v) is 2.59. The lowest BCUT2D eigenvalue weighted by atomic mass is 10.2. The zero-order chi connectivity index (χ0) is 13.7. The van der Waals surface area contributed by atoms with Crippen molar-refractivity contribution in [1.29, 1.82) is 0 Å². The van der Waals surface area contributed by atoms with Crippen LogP contribution in [0.1, 0.15) is 15.9 Å². The maximum Gasteiger partial charge on any atom is 0.338 e. The Kier molecular flexibility index (Phi) is 3.97. The average molecular weight is 258 g/mol. The maximum absolute atomic E-state index is 11.9. The molecule has 0 unspecified atom stereocenters. The summed E-state index contributed by atoms with van der Waals surface area (Å²) in [5.74, 6) is 0.0356. The van der Waals surface area contributed by atoms with Gasteiger partial charge in [-0.1, -0.05) is 0 Å². The largest absolute Gasteiger partial charge is 0.495 e. The SMILES string of the molecule is COc1cc(C(=O)OCc2ccncc2)ccc1N. The van der Waals surface area contributed by atoms with Gasteiger partial charge in [-0.15, -0.1) is 0 Å². The van der Waals surface area contributed by atoms with Gasteiger partial charge in [-0.05, 0) is 35.9 Å². The number of ether oxygens (including phenoxy) is 2. The average Bonchev–Trinajstić information content (AvgIpc) is 2.46. The Bertz CT molecular complexity index is 570. The predicted octanol–water partition coefficient (Wildman–Crippen LogP) is 2.03.